The van der Waals surface area contributed by atoms with Gasteiger partial charge in [-0.05, 0) is 70.6 Å². The summed E-state index contributed by atoms with van der Waals surface area (Å²) < 4.78 is 21.1. The molecular weight excluding hydrogens is 402 g/mol. The highest BCUT2D eigenvalue weighted by atomic mass is 16.6. The Morgan fingerprint density at radius 1 is 1.10 bits per heavy atom. The van der Waals surface area contributed by atoms with E-state index in [4.69, 9.17) is 18.9 Å². The molecule has 8 heteroatoms. The predicted octanol–water partition coefficient (Wildman–Crippen LogP) is 3.90. The van der Waals surface area contributed by atoms with Gasteiger partial charge in [-0.15, -0.1) is 0 Å². The second-order valence-corrected chi connectivity index (χ2v) is 8.59. The first-order valence-corrected chi connectivity index (χ1v) is 10.6. The maximum Gasteiger partial charge on any atom is 0.408 e. The molecule has 0 aliphatic heterocycles. The number of rotatable bonds is 9. The third kappa shape index (κ3) is 9.27. The number of amides is 1. The molecule has 31 heavy (non-hydrogen) atoms. The highest BCUT2D eigenvalue weighted by molar-refractivity contribution is 5.82. The van der Waals surface area contributed by atoms with Crippen molar-refractivity contribution in [1.29, 1.82) is 0 Å². The van der Waals surface area contributed by atoms with Crippen molar-refractivity contribution < 1.29 is 33.3 Å². The van der Waals surface area contributed by atoms with Gasteiger partial charge in [0.25, 0.3) is 0 Å². The van der Waals surface area contributed by atoms with Gasteiger partial charge in [-0.25, -0.2) is 9.59 Å². The van der Waals surface area contributed by atoms with Crippen molar-refractivity contribution in [3.63, 3.8) is 0 Å². The Morgan fingerprint density at radius 3 is 2.32 bits per heavy atom. The Morgan fingerprint density at radius 2 is 1.74 bits per heavy atom. The first-order chi connectivity index (χ1) is 14.7. The van der Waals surface area contributed by atoms with Crippen molar-refractivity contribution >= 4 is 18.0 Å². The van der Waals surface area contributed by atoms with E-state index < -0.39 is 29.7 Å². The number of ether oxygens (including phenoxy) is 4. The second kappa shape index (κ2) is 11.6. The molecule has 172 valence electrons. The largest absolute Gasteiger partial charge is 0.497 e. The molecule has 0 saturated heterocycles. The summed E-state index contributed by atoms with van der Waals surface area (Å²) in [6, 6.07) is 6.19. The van der Waals surface area contributed by atoms with Crippen LogP contribution in [0.15, 0.2) is 24.3 Å². The van der Waals surface area contributed by atoms with Crippen LogP contribution in [0.1, 0.15) is 64.9 Å². The van der Waals surface area contributed by atoms with Gasteiger partial charge in [0.05, 0.1) is 7.11 Å². The summed E-state index contributed by atoms with van der Waals surface area (Å²) >= 11 is 0. The van der Waals surface area contributed by atoms with Crippen molar-refractivity contribution in [3.8, 4) is 5.75 Å². The average molecular weight is 436 g/mol. The molecule has 1 amide bonds. The van der Waals surface area contributed by atoms with Crippen molar-refractivity contribution in [2.24, 2.45) is 0 Å². The quantitative estimate of drug-likeness (QED) is 0.464. The summed E-state index contributed by atoms with van der Waals surface area (Å²) in [7, 11) is 1.58. The van der Waals surface area contributed by atoms with Crippen LogP contribution in [0.4, 0.5) is 4.79 Å². The summed E-state index contributed by atoms with van der Waals surface area (Å²) in [5.74, 6) is -0.312. The Labute approximate surface area is 183 Å². The van der Waals surface area contributed by atoms with E-state index in [1.54, 1.807) is 52.1 Å². The number of nitrogens with one attached hydrogen (secondary N) is 1. The van der Waals surface area contributed by atoms with Crippen molar-refractivity contribution in [2.45, 2.75) is 83.6 Å². The first-order valence-electron chi connectivity index (χ1n) is 10.6. The molecule has 0 unspecified atom stereocenters. The number of benzene rings is 1. The number of hydrogen-bond acceptors (Lipinski definition) is 7. The number of alkyl carbamates (subject to hydrolysis) is 1. The van der Waals surface area contributed by atoms with E-state index in [1.807, 2.05) is 0 Å². The van der Waals surface area contributed by atoms with Crippen LogP contribution < -0.4 is 10.1 Å². The molecular formula is C23H33NO7. The minimum Gasteiger partial charge on any atom is -0.497 e. The lowest BCUT2D eigenvalue weighted by Crippen LogP contribution is -2.45. The van der Waals surface area contributed by atoms with Crippen molar-refractivity contribution in [3.05, 3.63) is 29.8 Å². The monoisotopic (exact) mass is 435 g/mol. The predicted molar refractivity (Wildman–Crippen MR) is 114 cm³/mol. The molecule has 0 aromatic heterocycles. The summed E-state index contributed by atoms with van der Waals surface area (Å²) in [4.78, 5) is 36.9. The van der Waals surface area contributed by atoms with Crippen LogP contribution in [0.3, 0.4) is 0 Å². The van der Waals surface area contributed by atoms with E-state index in [0.29, 0.717) is 5.75 Å². The maximum atomic E-state index is 12.6. The number of methoxy groups -OCH3 is 1. The summed E-state index contributed by atoms with van der Waals surface area (Å²) in [6.45, 7) is 5.30. The van der Waals surface area contributed by atoms with Gasteiger partial charge in [0, 0.05) is 6.42 Å². The third-order valence-electron chi connectivity index (χ3n) is 4.76. The molecule has 1 aliphatic carbocycles. The van der Waals surface area contributed by atoms with Crippen LogP contribution in [0.2, 0.25) is 0 Å². The molecule has 0 heterocycles. The smallest absolute Gasteiger partial charge is 0.408 e. The van der Waals surface area contributed by atoms with E-state index in [2.05, 4.69) is 5.32 Å². The molecule has 0 bridgehead atoms. The Hall–Kier alpha value is -2.77. The lowest BCUT2D eigenvalue weighted by Gasteiger charge is -2.23. The van der Waals surface area contributed by atoms with Crippen LogP contribution in [0.5, 0.6) is 5.75 Å². The Kier molecular flexibility index (Phi) is 9.15. The van der Waals surface area contributed by atoms with Crippen LogP contribution in [-0.4, -0.2) is 42.9 Å². The van der Waals surface area contributed by atoms with E-state index in [1.165, 1.54) is 0 Å². The zero-order chi connectivity index (χ0) is 22.9. The minimum absolute atomic E-state index is 0.0453. The van der Waals surface area contributed by atoms with E-state index in [-0.39, 0.29) is 25.6 Å². The lowest BCUT2D eigenvalue weighted by atomic mass is 10.1. The molecule has 1 N–H and O–H groups in total. The van der Waals surface area contributed by atoms with Crippen LogP contribution in [-0.2, 0) is 30.4 Å². The molecule has 1 saturated carbocycles. The first kappa shape index (κ1) is 24.5. The molecule has 1 aliphatic rings. The zero-order valence-electron chi connectivity index (χ0n) is 18.8. The lowest BCUT2D eigenvalue weighted by molar-refractivity contribution is -0.152. The minimum atomic E-state index is -0.982. The van der Waals surface area contributed by atoms with Crippen LogP contribution >= 0.6 is 0 Å². The normalized spacial score (nSPS) is 15.1. The number of esters is 2. The number of carbonyl (C=O) groups is 3. The highest BCUT2D eigenvalue weighted by Gasteiger charge is 2.29. The topological polar surface area (TPSA) is 100 Å². The van der Waals surface area contributed by atoms with Gasteiger partial charge in [0.2, 0.25) is 0 Å². The van der Waals surface area contributed by atoms with Gasteiger partial charge in [-0.1, -0.05) is 12.1 Å². The van der Waals surface area contributed by atoms with Crippen molar-refractivity contribution in [1.82, 2.24) is 5.32 Å². The molecule has 1 fully saturated rings. The van der Waals surface area contributed by atoms with E-state index in [9.17, 15) is 14.4 Å². The maximum absolute atomic E-state index is 12.6. The zero-order valence-corrected chi connectivity index (χ0v) is 18.8. The van der Waals surface area contributed by atoms with Crippen LogP contribution in [0, 0.1) is 0 Å². The summed E-state index contributed by atoms with van der Waals surface area (Å²) in [5, 5.41) is 2.53. The Bertz CT molecular complexity index is 733. The van der Waals surface area contributed by atoms with Gasteiger partial charge in [-0.3, -0.25) is 4.79 Å². The Balaban J connectivity index is 1.87. The standard InChI is InChI=1S/C23H33NO7/c1-23(2,3)31-22(27)24-19(21(26)30-18-7-5-6-8-18)13-14-20(25)29-15-16-9-11-17(28-4)12-10-16/h9-12,18-19H,5-8,13-15H2,1-4H3,(H,24,27)/t19-/m0/s1. The van der Waals surface area contributed by atoms with Gasteiger partial charge in [-0.2, -0.15) is 0 Å². The number of hydrogen-bond donors (Lipinski definition) is 1. The van der Waals surface area contributed by atoms with Gasteiger partial charge >= 0.3 is 18.0 Å². The molecule has 1 aromatic carbocycles. The van der Waals surface area contributed by atoms with Crippen molar-refractivity contribution in [2.75, 3.05) is 7.11 Å². The molecule has 0 spiro atoms. The molecule has 8 nitrogen and oxygen atoms in total. The third-order valence-corrected chi connectivity index (χ3v) is 4.76. The fourth-order valence-electron chi connectivity index (χ4n) is 3.17. The second-order valence-electron chi connectivity index (χ2n) is 8.59. The van der Waals surface area contributed by atoms with Crippen LogP contribution in [0.25, 0.3) is 0 Å². The molecule has 1 aromatic rings. The SMILES string of the molecule is COc1ccc(COC(=O)CC[C@H](NC(=O)OC(C)(C)C)C(=O)OC2CCCC2)cc1. The fraction of sp³-hybridized carbons (Fsp3) is 0.609. The molecule has 2 rings (SSSR count). The fourth-order valence-corrected chi connectivity index (χ4v) is 3.17. The summed E-state index contributed by atoms with van der Waals surface area (Å²) in [5.41, 5.74) is 0.111. The average Bonchev–Trinajstić information content (AvgIpc) is 3.21. The van der Waals surface area contributed by atoms with E-state index in [0.717, 1.165) is 31.2 Å². The van der Waals surface area contributed by atoms with Gasteiger partial charge in [0.15, 0.2) is 0 Å². The summed E-state index contributed by atoms with van der Waals surface area (Å²) in [6.07, 6.45) is 2.80. The van der Waals surface area contributed by atoms with Gasteiger partial charge in [0.1, 0.15) is 30.1 Å². The highest BCUT2D eigenvalue weighted by Crippen LogP contribution is 2.22. The number of carbonyl (C=O) groups excluding carboxylic acids is 3. The molecule has 0 radical (unpaired) electrons. The van der Waals surface area contributed by atoms with E-state index >= 15 is 0 Å². The molecule has 1 atom stereocenters. The van der Waals surface area contributed by atoms with Gasteiger partial charge < -0.3 is 24.3 Å².